The number of hydrogen-bond donors (Lipinski definition) is 0. The molecule has 0 N–H and O–H groups in total. The number of amides is 1. The fourth-order valence-corrected chi connectivity index (χ4v) is 8.02. The summed E-state index contributed by atoms with van der Waals surface area (Å²) in [5.41, 5.74) is 0.723. The van der Waals surface area contributed by atoms with Gasteiger partial charge in [-0.25, -0.2) is 8.42 Å². The van der Waals surface area contributed by atoms with Gasteiger partial charge in [0, 0.05) is 28.3 Å². The van der Waals surface area contributed by atoms with Crippen LogP contribution in [0.5, 0.6) is 11.5 Å². The molecule has 2 saturated heterocycles. The Bertz CT molecular complexity index is 935. The minimum absolute atomic E-state index is 0.0382. The Labute approximate surface area is 190 Å². The van der Waals surface area contributed by atoms with Gasteiger partial charge in [-0.05, 0) is 36.2 Å². The van der Waals surface area contributed by atoms with E-state index in [0.717, 1.165) is 23.0 Å². The van der Waals surface area contributed by atoms with Crippen LogP contribution in [-0.2, 0) is 14.6 Å². The summed E-state index contributed by atoms with van der Waals surface area (Å²) in [6.45, 7) is 6.77. The zero-order chi connectivity index (χ0) is 21.9. The lowest BCUT2D eigenvalue weighted by Crippen LogP contribution is -2.38. The van der Waals surface area contributed by atoms with Crippen LogP contribution in [0.3, 0.4) is 0 Å². The number of nitrogens with zero attached hydrogens (tertiary/aromatic N) is 2. The molecule has 166 valence electrons. The largest absolute Gasteiger partial charge is 0.490 e. The fourth-order valence-electron chi connectivity index (χ4n) is 3.58. The van der Waals surface area contributed by atoms with Crippen molar-refractivity contribution in [2.24, 2.45) is 4.99 Å². The topological polar surface area (TPSA) is 85.3 Å². The maximum atomic E-state index is 12.4. The molecule has 2 fully saturated rings. The van der Waals surface area contributed by atoms with Crippen LogP contribution in [-0.4, -0.2) is 55.5 Å². The number of anilines is 1. The second kappa shape index (κ2) is 9.91. The second-order valence-corrected chi connectivity index (χ2v) is 11.4. The molecule has 10 heteroatoms. The van der Waals surface area contributed by atoms with Gasteiger partial charge in [0.2, 0.25) is 5.91 Å². The van der Waals surface area contributed by atoms with Gasteiger partial charge in [0.1, 0.15) is 0 Å². The van der Waals surface area contributed by atoms with E-state index in [2.05, 4.69) is 20.9 Å². The molecule has 1 aromatic carbocycles. The Morgan fingerprint density at radius 3 is 2.50 bits per heavy atom. The van der Waals surface area contributed by atoms with E-state index in [-0.39, 0.29) is 28.7 Å². The molecule has 0 aromatic heterocycles. The average Bonchev–Trinajstić information content (AvgIpc) is 3.13. The Morgan fingerprint density at radius 2 is 1.87 bits per heavy atom. The molecule has 0 spiro atoms. The number of ether oxygens (including phenoxy) is 2. The Hall–Kier alpha value is -1.26. The van der Waals surface area contributed by atoms with Gasteiger partial charge in [-0.1, -0.05) is 25.1 Å². The SMILES string of the molecule is CCCCC(=O)N=C1S[C@@H]2CS(=O)(=O)C[C@@H]2N1c1cc(OCC)c(OCC)cc1Br. The lowest BCUT2D eigenvalue weighted by Gasteiger charge is -2.27. The van der Waals surface area contributed by atoms with Crippen molar-refractivity contribution >= 4 is 54.3 Å². The molecule has 0 radical (unpaired) electrons. The Balaban J connectivity index is 2.04. The lowest BCUT2D eigenvalue weighted by molar-refractivity contribution is -0.117. The van der Waals surface area contributed by atoms with Crippen molar-refractivity contribution in [3.63, 3.8) is 0 Å². The number of benzene rings is 1. The first-order valence-electron chi connectivity index (χ1n) is 10.2. The van der Waals surface area contributed by atoms with Crippen molar-refractivity contribution in [2.45, 2.75) is 51.3 Å². The summed E-state index contributed by atoms with van der Waals surface area (Å²) < 4.78 is 36.7. The number of amidine groups is 1. The molecule has 0 saturated carbocycles. The molecular formula is C20H27BrN2O5S2. The minimum atomic E-state index is -3.14. The van der Waals surface area contributed by atoms with Crippen LogP contribution in [0.4, 0.5) is 5.69 Å². The smallest absolute Gasteiger partial charge is 0.248 e. The first kappa shape index (κ1) is 23.4. The van der Waals surface area contributed by atoms with Crippen LogP contribution in [0.2, 0.25) is 0 Å². The van der Waals surface area contributed by atoms with Crippen LogP contribution in [0.15, 0.2) is 21.6 Å². The van der Waals surface area contributed by atoms with Gasteiger partial charge in [0.15, 0.2) is 26.5 Å². The summed E-state index contributed by atoms with van der Waals surface area (Å²) in [6.07, 6.45) is 2.08. The highest BCUT2D eigenvalue weighted by Gasteiger charge is 2.50. The molecule has 2 atom stereocenters. The monoisotopic (exact) mass is 518 g/mol. The average molecular weight is 519 g/mol. The van der Waals surface area contributed by atoms with Crippen LogP contribution in [0, 0.1) is 0 Å². The van der Waals surface area contributed by atoms with Gasteiger partial charge in [-0.2, -0.15) is 4.99 Å². The van der Waals surface area contributed by atoms with Gasteiger partial charge in [-0.3, -0.25) is 4.79 Å². The van der Waals surface area contributed by atoms with E-state index in [1.807, 2.05) is 37.8 Å². The number of unbranched alkanes of at least 4 members (excludes halogenated alkanes) is 1. The summed E-state index contributed by atoms with van der Waals surface area (Å²) >= 11 is 4.97. The fraction of sp³-hybridized carbons (Fsp3) is 0.600. The molecule has 2 aliphatic rings. The van der Waals surface area contributed by atoms with Crippen LogP contribution < -0.4 is 14.4 Å². The second-order valence-electron chi connectivity index (χ2n) is 7.18. The summed E-state index contributed by atoms with van der Waals surface area (Å²) in [4.78, 5) is 18.6. The molecular weight excluding hydrogens is 492 g/mol. The predicted molar refractivity (Wildman–Crippen MR) is 125 cm³/mol. The molecule has 2 aliphatic heterocycles. The first-order valence-corrected chi connectivity index (χ1v) is 13.7. The first-order chi connectivity index (χ1) is 14.3. The highest BCUT2D eigenvalue weighted by Crippen LogP contribution is 2.46. The van der Waals surface area contributed by atoms with Gasteiger partial charge in [0.05, 0.1) is 36.4 Å². The molecule has 30 heavy (non-hydrogen) atoms. The molecule has 7 nitrogen and oxygen atoms in total. The highest BCUT2D eigenvalue weighted by molar-refractivity contribution is 9.10. The number of hydrogen-bond acceptors (Lipinski definition) is 6. The number of carbonyl (C=O) groups excluding carboxylic acids is 1. The van der Waals surface area contributed by atoms with Crippen molar-refractivity contribution in [1.82, 2.24) is 0 Å². The normalized spacial score (nSPS) is 23.6. The van der Waals surface area contributed by atoms with Crippen molar-refractivity contribution in [3.8, 4) is 11.5 Å². The van der Waals surface area contributed by atoms with Crippen LogP contribution >= 0.6 is 27.7 Å². The van der Waals surface area contributed by atoms with Crippen molar-refractivity contribution in [2.75, 3.05) is 29.6 Å². The van der Waals surface area contributed by atoms with Crippen molar-refractivity contribution in [3.05, 3.63) is 16.6 Å². The molecule has 0 unspecified atom stereocenters. The Kier molecular flexibility index (Phi) is 7.73. The van der Waals surface area contributed by atoms with E-state index in [9.17, 15) is 13.2 Å². The van der Waals surface area contributed by atoms with Gasteiger partial charge in [0.25, 0.3) is 0 Å². The zero-order valence-electron chi connectivity index (χ0n) is 17.4. The number of aliphatic imine (C=N–C) groups is 1. The van der Waals surface area contributed by atoms with Gasteiger partial charge < -0.3 is 14.4 Å². The van der Waals surface area contributed by atoms with Crippen molar-refractivity contribution < 1.29 is 22.7 Å². The maximum absolute atomic E-state index is 12.4. The molecule has 3 rings (SSSR count). The van der Waals surface area contributed by atoms with E-state index < -0.39 is 9.84 Å². The number of carbonyl (C=O) groups is 1. The number of sulfone groups is 1. The zero-order valence-corrected chi connectivity index (χ0v) is 20.6. The third kappa shape index (κ3) is 5.13. The molecule has 0 aliphatic carbocycles. The standard InChI is InChI=1S/C20H27BrN2O5S2/c1-4-7-8-19(24)22-20-23(15-11-30(25,26)12-18(15)29-20)14-10-17(28-6-3)16(27-5-2)9-13(14)21/h9-10,15,18H,4-8,11-12H2,1-3H3/t15-,18+/m0/s1. The molecule has 1 amide bonds. The summed E-state index contributed by atoms with van der Waals surface area (Å²) in [5.74, 6) is 1.13. The maximum Gasteiger partial charge on any atom is 0.248 e. The number of rotatable bonds is 8. The quantitative estimate of drug-likeness (QED) is 0.513. The van der Waals surface area contributed by atoms with Crippen LogP contribution in [0.1, 0.15) is 40.0 Å². The third-order valence-corrected chi connectivity index (χ3v) is 8.75. The van der Waals surface area contributed by atoms with E-state index in [1.165, 1.54) is 11.8 Å². The van der Waals surface area contributed by atoms with E-state index in [0.29, 0.717) is 36.3 Å². The summed E-state index contributed by atoms with van der Waals surface area (Å²) in [5, 5.41) is 0.398. The van der Waals surface area contributed by atoms with E-state index >= 15 is 0 Å². The number of thioether (sulfide) groups is 1. The number of halogens is 1. The summed E-state index contributed by atoms with van der Waals surface area (Å²) in [6, 6.07) is 3.38. The van der Waals surface area contributed by atoms with Gasteiger partial charge >= 0.3 is 0 Å². The van der Waals surface area contributed by atoms with Gasteiger partial charge in [-0.15, -0.1) is 0 Å². The highest BCUT2D eigenvalue weighted by atomic mass is 79.9. The Morgan fingerprint density at radius 1 is 1.20 bits per heavy atom. The lowest BCUT2D eigenvalue weighted by atomic mass is 10.2. The molecule has 2 heterocycles. The number of fused-ring (bicyclic) bond motifs is 1. The van der Waals surface area contributed by atoms with E-state index in [1.54, 1.807) is 0 Å². The predicted octanol–water partition coefficient (Wildman–Crippen LogP) is 4.04. The van der Waals surface area contributed by atoms with Crippen LogP contribution in [0.25, 0.3) is 0 Å². The summed E-state index contributed by atoms with van der Waals surface area (Å²) in [7, 11) is -3.14. The van der Waals surface area contributed by atoms with E-state index in [4.69, 9.17) is 9.47 Å². The molecule has 0 bridgehead atoms. The minimum Gasteiger partial charge on any atom is -0.490 e. The van der Waals surface area contributed by atoms with Crippen molar-refractivity contribution in [1.29, 1.82) is 0 Å². The molecule has 1 aromatic rings. The third-order valence-electron chi connectivity index (χ3n) is 4.90.